The number of halogens is 3. The van der Waals surface area contributed by atoms with E-state index in [9.17, 15) is 18.3 Å². The van der Waals surface area contributed by atoms with Crippen molar-refractivity contribution in [2.45, 2.75) is 44.2 Å². The molecule has 10 heteroatoms. The minimum atomic E-state index is -2.72. The number of phenolic OH excluding ortho intramolecular Hbond substituents is 1. The molecule has 3 aromatic rings. The van der Waals surface area contributed by atoms with Crippen LogP contribution < -0.4 is 10.2 Å². The van der Waals surface area contributed by atoms with E-state index in [1.54, 1.807) is 6.07 Å². The molecule has 1 saturated carbocycles. The van der Waals surface area contributed by atoms with E-state index in [2.05, 4.69) is 25.4 Å². The number of aromatic hydroxyl groups is 1. The zero-order valence-electron chi connectivity index (χ0n) is 17.1. The van der Waals surface area contributed by atoms with Gasteiger partial charge in [0.05, 0.1) is 10.6 Å². The number of nitrogens with one attached hydrogen (secondary N) is 1. The van der Waals surface area contributed by atoms with Crippen molar-refractivity contribution >= 4 is 17.2 Å². The second-order valence-electron chi connectivity index (χ2n) is 8.22. The molecule has 6 nitrogen and oxygen atoms in total. The normalized spacial score (nSPS) is 19.0. The predicted molar refractivity (Wildman–Crippen MR) is 117 cm³/mol. The Labute approximate surface area is 187 Å². The van der Waals surface area contributed by atoms with Gasteiger partial charge in [-0.1, -0.05) is 6.42 Å². The number of benzene rings is 1. The van der Waals surface area contributed by atoms with E-state index in [4.69, 9.17) is 0 Å². The van der Waals surface area contributed by atoms with Gasteiger partial charge in [-0.05, 0) is 43.5 Å². The molecule has 0 bridgehead atoms. The Kier molecular flexibility index (Phi) is 5.73. The Hall–Kier alpha value is -2.72. The molecule has 1 aliphatic heterocycles. The number of thiazole rings is 1. The van der Waals surface area contributed by atoms with Crippen LogP contribution in [0, 0.1) is 5.82 Å². The number of nitrogens with zero attached hydrogens (tertiary/aromatic N) is 4. The standard InChI is InChI=1S/C22H22F3N5OS/c23-16-8-15(18(31)9-14(16)19-10-26-22(32-19)21(24)25)17-4-5-20(29-28-17)30-7-6-13(11-30)27-12-2-1-3-12/h4-5,8-10,12-13,21,27,31H,1-3,6-7,11H2. The van der Waals surface area contributed by atoms with Crippen molar-refractivity contribution in [2.75, 3.05) is 18.0 Å². The van der Waals surface area contributed by atoms with Crippen molar-refractivity contribution in [3.8, 4) is 27.4 Å². The summed E-state index contributed by atoms with van der Waals surface area (Å²) in [6, 6.07) is 6.96. The van der Waals surface area contributed by atoms with Crippen LogP contribution in [0.15, 0.2) is 30.5 Å². The molecule has 168 valence electrons. The third-order valence-electron chi connectivity index (χ3n) is 6.08. The predicted octanol–water partition coefficient (Wildman–Crippen LogP) is 4.77. The van der Waals surface area contributed by atoms with Crippen LogP contribution in [0.3, 0.4) is 0 Å². The second kappa shape index (κ2) is 8.67. The monoisotopic (exact) mass is 461 g/mol. The van der Waals surface area contributed by atoms with E-state index in [1.807, 2.05) is 6.07 Å². The van der Waals surface area contributed by atoms with Gasteiger partial charge in [-0.25, -0.2) is 18.2 Å². The molecule has 1 saturated heterocycles. The van der Waals surface area contributed by atoms with Crippen LogP contribution in [0.4, 0.5) is 19.0 Å². The molecular weight excluding hydrogens is 439 g/mol. The number of hydrogen-bond acceptors (Lipinski definition) is 7. The van der Waals surface area contributed by atoms with E-state index in [0.717, 1.165) is 31.4 Å². The first-order valence-corrected chi connectivity index (χ1v) is 11.4. The largest absolute Gasteiger partial charge is 0.507 e. The van der Waals surface area contributed by atoms with Gasteiger partial charge >= 0.3 is 0 Å². The van der Waals surface area contributed by atoms with E-state index in [-0.39, 0.29) is 21.8 Å². The molecule has 3 heterocycles. The van der Waals surface area contributed by atoms with Crippen molar-refractivity contribution in [1.29, 1.82) is 0 Å². The van der Waals surface area contributed by atoms with Crippen LogP contribution in [0.25, 0.3) is 21.7 Å². The smallest absolute Gasteiger partial charge is 0.289 e. The van der Waals surface area contributed by atoms with Gasteiger partial charge in [0.2, 0.25) is 0 Å². The fraction of sp³-hybridized carbons (Fsp3) is 0.409. The van der Waals surface area contributed by atoms with Crippen LogP contribution in [-0.4, -0.2) is 45.5 Å². The van der Waals surface area contributed by atoms with Gasteiger partial charge in [-0.3, -0.25) is 0 Å². The average molecular weight is 462 g/mol. The maximum Gasteiger partial charge on any atom is 0.289 e. The quantitative estimate of drug-likeness (QED) is 0.551. The summed E-state index contributed by atoms with van der Waals surface area (Å²) < 4.78 is 40.3. The molecule has 2 aliphatic rings. The van der Waals surface area contributed by atoms with E-state index in [0.29, 0.717) is 29.1 Å². The van der Waals surface area contributed by atoms with Crippen LogP contribution in [0.1, 0.15) is 37.1 Å². The third-order valence-corrected chi connectivity index (χ3v) is 7.11. The SMILES string of the molecule is Oc1cc(-c2cnc(C(F)F)s2)c(F)cc1-c1ccc(N2CCC(NC3CCC3)C2)nn1. The van der Waals surface area contributed by atoms with Crippen LogP contribution in [-0.2, 0) is 0 Å². The number of alkyl halides is 2. The van der Waals surface area contributed by atoms with Gasteiger partial charge in [0.25, 0.3) is 6.43 Å². The fourth-order valence-electron chi connectivity index (χ4n) is 4.12. The molecule has 0 spiro atoms. The molecule has 5 rings (SSSR count). The van der Waals surface area contributed by atoms with Gasteiger partial charge in [0, 0.05) is 42.5 Å². The molecule has 1 aromatic carbocycles. The summed E-state index contributed by atoms with van der Waals surface area (Å²) in [5.41, 5.74) is 0.537. The third kappa shape index (κ3) is 4.16. The van der Waals surface area contributed by atoms with Crippen molar-refractivity contribution < 1.29 is 18.3 Å². The summed E-state index contributed by atoms with van der Waals surface area (Å²) in [5.74, 6) is -0.119. The Bertz CT molecular complexity index is 1100. The summed E-state index contributed by atoms with van der Waals surface area (Å²) in [4.78, 5) is 6.00. The molecule has 1 unspecified atom stereocenters. The van der Waals surface area contributed by atoms with E-state index < -0.39 is 17.3 Å². The lowest BCUT2D eigenvalue weighted by atomic mass is 9.92. The lowest BCUT2D eigenvalue weighted by Crippen LogP contribution is -2.43. The number of anilines is 1. The highest BCUT2D eigenvalue weighted by Gasteiger charge is 2.28. The number of hydrogen-bond donors (Lipinski definition) is 2. The van der Waals surface area contributed by atoms with Crippen molar-refractivity contribution in [2.24, 2.45) is 0 Å². The van der Waals surface area contributed by atoms with Crippen LogP contribution >= 0.6 is 11.3 Å². The summed E-state index contributed by atoms with van der Waals surface area (Å²) >= 11 is 0.693. The summed E-state index contributed by atoms with van der Waals surface area (Å²) in [6.45, 7) is 1.76. The topological polar surface area (TPSA) is 74.2 Å². The fourth-order valence-corrected chi connectivity index (χ4v) is 4.91. The average Bonchev–Trinajstić information content (AvgIpc) is 3.42. The first-order valence-electron chi connectivity index (χ1n) is 10.6. The zero-order chi connectivity index (χ0) is 22.2. The second-order valence-corrected chi connectivity index (χ2v) is 9.28. The van der Waals surface area contributed by atoms with Gasteiger partial charge < -0.3 is 15.3 Å². The van der Waals surface area contributed by atoms with Crippen LogP contribution in [0.5, 0.6) is 5.75 Å². The molecule has 32 heavy (non-hydrogen) atoms. The Morgan fingerprint density at radius 1 is 1.09 bits per heavy atom. The zero-order valence-corrected chi connectivity index (χ0v) is 18.0. The highest BCUT2D eigenvalue weighted by Crippen LogP contribution is 2.38. The molecule has 2 N–H and O–H groups in total. The molecule has 2 fully saturated rings. The Balaban J connectivity index is 1.32. The maximum atomic E-state index is 14.7. The Morgan fingerprint density at radius 3 is 2.59 bits per heavy atom. The van der Waals surface area contributed by atoms with Gasteiger partial charge in [-0.15, -0.1) is 21.5 Å². The minimum Gasteiger partial charge on any atom is -0.507 e. The molecule has 1 atom stereocenters. The van der Waals surface area contributed by atoms with E-state index >= 15 is 0 Å². The summed E-state index contributed by atoms with van der Waals surface area (Å²) in [7, 11) is 0. The van der Waals surface area contributed by atoms with Crippen molar-refractivity contribution in [3.63, 3.8) is 0 Å². The van der Waals surface area contributed by atoms with Gasteiger partial charge in [0.1, 0.15) is 11.6 Å². The van der Waals surface area contributed by atoms with Crippen molar-refractivity contribution in [3.05, 3.63) is 41.3 Å². The highest BCUT2D eigenvalue weighted by atomic mass is 32.1. The number of aromatic nitrogens is 3. The maximum absolute atomic E-state index is 14.7. The number of rotatable bonds is 6. The van der Waals surface area contributed by atoms with E-state index in [1.165, 1.54) is 31.5 Å². The number of phenols is 1. The molecule has 2 aromatic heterocycles. The molecule has 1 aliphatic carbocycles. The van der Waals surface area contributed by atoms with Gasteiger partial charge in [0.15, 0.2) is 10.8 Å². The first kappa shape index (κ1) is 21.1. The molecular formula is C22H22F3N5OS. The first-order chi connectivity index (χ1) is 15.5. The lowest BCUT2D eigenvalue weighted by molar-refractivity contribution is 0.151. The highest BCUT2D eigenvalue weighted by molar-refractivity contribution is 7.15. The lowest BCUT2D eigenvalue weighted by Gasteiger charge is -2.29. The summed E-state index contributed by atoms with van der Waals surface area (Å²) in [5, 5.41) is 22.2. The summed E-state index contributed by atoms with van der Waals surface area (Å²) in [6.07, 6.45) is 3.31. The Morgan fingerprint density at radius 2 is 1.94 bits per heavy atom. The molecule has 0 radical (unpaired) electrons. The van der Waals surface area contributed by atoms with Crippen LogP contribution in [0.2, 0.25) is 0 Å². The van der Waals surface area contributed by atoms with Gasteiger partial charge in [-0.2, -0.15) is 0 Å². The van der Waals surface area contributed by atoms with Crippen molar-refractivity contribution in [1.82, 2.24) is 20.5 Å². The minimum absolute atomic E-state index is 0.0160. The molecule has 0 amide bonds.